The minimum atomic E-state index is -0.830. The normalized spacial score (nSPS) is 16.5. The molecule has 0 spiro atoms. The van der Waals surface area contributed by atoms with E-state index in [-0.39, 0.29) is 5.69 Å². The van der Waals surface area contributed by atoms with Crippen molar-refractivity contribution in [1.29, 1.82) is 5.26 Å². The summed E-state index contributed by atoms with van der Waals surface area (Å²) < 4.78 is 0. The zero-order chi connectivity index (χ0) is 15.3. The topological polar surface area (TPSA) is 108 Å². The zero-order valence-corrected chi connectivity index (χ0v) is 11.5. The van der Waals surface area contributed by atoms with Crippen LogP contribution in [0, 0.1) is 21.4 Å². The molecular formula is C14H16N4O3. The molecule has 0 heterocycles. The van der Waals surface area contributed by atoms with E-state index < -0.39 is 16.5 Å². The van der Waals surface area contributed by atoms with Gasteiger partial charge in [-0.25, -0.2) is 4.79 Å². The molecule has 0 saturated heterocycles. The van der Waals surface area contributed by atoms with Crippen molar-refractivity contribution in [2.45, 2.75) is 37.6 Å². The molecule has 0 bridgehead atoms. The summed E-state index contributed by atoms with van der Waals surface area (Å²) in [5, 5.41) is 25.2. The number of hydrogen-bond acceptors (Lipinski definition) is 4. The summed E-state index contributed by atoms with van der Waals surface area (Å²) in [6.07, 6.45) is 4.14. The van der Waals surface area contributed by atoms with E-state index in [9.17, 15) is 20.2 Å². The van der Waals surface area contributed by atoms with Gasteiger partial charge in [-0.15, -0.1) is 0 Å². The Morgan fingerprint density at radius 1 is 1.33 bits per heavy atom. The van der Waals surface area contributed by atoms with Crippen LogP contribution in [0.3, 0.4) is 0 Å². The van der Waals surface area contributed by atoms with Crippen LogP contribution in [0.15, 0.2) is 24.3 Å². The predicted molar refractivity (Wildman–Crippen MR) is 76.7 cm³/mol. The van der Waals surface area contributed by atoms with Gasteiger partial charge in [0, 0.05) is 17.8 Å². The highest BCUT2D eigenvalue weighted by Gasteiger charge is 2.33. The molecule has 1 aromatic rings. The molecule has 7 nitrogen and oxygen atoms in total. The molecular weight excluding hydrogens is 272 g/mol. The van der Waals surface area contributed by atoms with Crippen molar-refractivity contribution >= 4 is 17.4 Å². The molecule has 0 aromatic heterocycles. The van der Waals surface area contributed by atoms with Gasteiger partial charge in [0.05, 0.1) is 11.0 Å². The first kappa shape index (κ1) is 14.8. The summed E-state index contributed by atoms with van der Waals surface area (Å²) >= 11 is 0. The average molecular weight is 288 g/mol. The largest absolute Gasteiger partial charge is 0.320 e. The second kappa shape index (κ2) is 6.22. The van der Waals surface area contributed by atoms with E-state index in [4.69, 9.17) is 0 Å². The van der Waals surface area contributed by atoms with Crippen LogP contribution >= 0.6 is 0 Å². The number of hydrogen-bond donors (Lipinski definition) is 2. The van der Waals surface area contributed by atoms with Crippen molar-refractivity contribution in [2.75, 3.05) is 5.32 Å². The minimum absolute atomic E-state index is 0.0968. The molecule has 2 rings (SSSR count). The molecule has 1 aliphatic rings. The first-order valence-electron chi connectivity index (χ1n) is 6.79. The average Bonchev–Trinajstić information content (AvgIpc) is 2.48. The smallest absolute Gasteiger partial charge is 0.319 e. The number of nitrogens with zero attached hydrogens (tertiary/aromatic N) is 2. The number of carbonyl (C=O) groups is 1. The Kier molecular flexibility index (Phi) is 4.38. The highest BCUT2D eigenvalue weighted by atomic mass is 16.6. The van der Waals surface area contributed by atoms with Gasteiger partial charge in [-0.05, 0) is 18.9 Å². The van der Waals surface area contributed by atoms with Gasteiger partial charge in [0.15, 0.2) is 0 Å². The fourth-order valence-corrected chi connectivity index (χ4v) is 2.50. The molecule has 1 fully saturated rings. The standard InChI is InChI=1S/C14H16N4O3/c15-10-14(7-2-1-3-8-14)17-13(19)16-11-5-4-6-12(9-11)18(20)21/h4-6,9H,1-3,7-8H2,(H2,16,17,19). The van der Waals surface area contributed by atoms with Gasteiger partial charge in [-0.1, -0.05) is 25.3 Å². The number of nitriles is 1. The quantitative estimate of drug-likeness (QED) is 0.658. The third-order valence-electron chi connectivity index (χ3n) is 3.59. The Hall–Kier alpha value is -2.62. The highest BCUT2D eigenvalue weighted by molar-refractivity contribution is 5.90. The fourth-order valence-electron chi connectivity index (χ4n) is 2.50. The lowest BCUT2D eigenvalue weighted by atomic mass is 9.83. The van der Waals surface area contributed by atoms with Crippen LogP contribution in [0.1, 0.15) is 32.1 Å². The van der Waals surface area contributed by atoms with Gasteiger partial charge in [0.1, 0.15) is 5.54 Å². The van der Waals surface area contributed by atoms with E-state index in [0.717, 1.165) is 19.3 Å². The second-order valence-corrected chi connectivity index (χ2v) is 5.14. The molecule has 2 amide bonds. The number of nitro groups is 1. The molecule has 21 heavy (non-hydrogen) atoms. The minimum Gasteiger partial charge on any atom is -0.319 e. The van der Waals surface area contributed by atoms with Gasteiger partial charge >= 0.3 is 6.03 Å². The molecule has 7 heteroatoms. The second-order valence-electron chi connectivity index (χ2n) is 5.14. The van der Waals surface area contributed by atoms with E-state index in [1.807, 2.05) is 0 Å². The summed E-state index contributed by atoms with van der Waals surface area (Å²) in [5.74, 6) is 0. The van der Waals surface area contributed by atoms with E-state index in [0.29, 0.717) is 18.5 Å². The Morgan fingerprint density at radius 2 is 2.05 bits per heavy atom. The highest BCUT2D eigenvalue weighted by Crippen LogP contribution is 2.27. The Bertz CT molecular complexity index is 588. The molecule has 0 aliphatic heterocycles. The number of anilines is 1. The van der Waals surface area contributed by atoms with Crippen LogP contribution in [0.2, 0.25) is 0 Å². The maximum Gasteiger partial charge on any atom is 0.320 e. The molecule has 0 unspecified atom stereocenters. The predicted octanol–water partition coefficient (Wildman–Crippen LogP) is 2.94. The third kappa shape index (κ3) is 3.69. The molecule has 1 aromatic carbocycles. The van der Waals surface area contributed by atoms with Crippen LogP contribution in [-0.4, -0.2) is 16.5 Å². The number of non-ortho nitro benzene ring substituents is 1. The van der Waals surface area contributed by atoms with Crippen molar-refractivity contribution in [3.8, 4) is 6.07 Å². The fraction of sp³-hybridized carbons (Fsp3) is 0.429. The summed E-state index contributed by atoms with van der Waals surface area (Å²) in [5.41, 5.74) is -0.602. The molecule has 1 saturated carbocycles. The summed E-state index contributed by atoms with van der Waals surface area (Å²) in [6, 6.07) is 7.35. The van der Waals surface area contributed by atoms with E-state index in [1.165, 1.54) is 18.2 Å². The van der Waals surface area contributed by atoms with Gasteiger partial charge in [-0.2, -0.15) is 5.26 Å². The first-order valence-corrected chi connectivity index (χ1v) is 6.79. The summed E-state index contributed by atoms with van der Waals surface area (Å²) in [7, 11) is 0. The maximum absolute atomic E-state index is 12.0. The van der Waals surface area contributed by atoms with Gasteiger partial charge in [-0.3, -0.25) is 10.1 Å². The van der Waals surface area contributed by atoms with Crippen molar-refractivity contribution in [3.05, 3.63) is 34.4 Å². The lowest BCUT2D eigenvalue weighted by Gasteiger charge is -2.31. The Balaban J connectivity index is 2.03. The summed E-state index contributed by atoms with van der Waals surface area (Å²) in [6.45, 7) is 0. The monoisotopic (exact) mass is 288 g/mol. The third-order valence-corrected chi connectivity index (χ3v) is 3.59. The van der Waals surface area contributed by atoms with E-state index in [1.54, 1.807) is 6.07 Å². The van der Waals surface area contributed by atoms with Gasteiger partial charge in [0.25, 0.3) is 5.69 Å². The van der Waals surface area contributed by atoms with E-state index in [2.05, 4.69) is 16.7 Å². The SMILES string of the molecule is N#CC1(NC(=O)Nc2cccc([N+](=O)[O-])c2)CCCCC1. The number of urea groups is 1. The molecule has 110 valence electrons. The molecule has 0 atom stereocenters. The van der Waals surface area contributed by atoms with Crippen molar-refractivity contribution < 1.29 is 9.72 Å². The van der Waals surface area contributed by atoms with Crippen molar-refractivity contribution in [1.82, 2.24) is 5.32 Å². The molecule has 1 aliphatic carbocycles. The lowest BCUT2D eigenvalue weighted by Crippen LogP contribution is -2.50. The summed E-state index contributed by atoms with van der Waals surface area (Å²) in [4.78, 5) is 22.1. The number of carbonyl (C=O) groups excluding carboxylic acids is 1. The van der Waals surface area contributed by atoms with Crippen LogP contribution in [0.4, 0.5) is 16.2 Å². The maximum atomic E-state index is 12.0. The van der Waals surface area contributed by atoms with E-state index >= 15 is 0 Å². The Labute approximate surface area is 122 Å². The number of benzene rings is 1. The lowest BCUT2D eigenvalue weighted by molar-refractivity contribution is -0.384. The van der Waals surface area contributed by atoms with Gasteiger partial charge < -0.3 is 10.6 Å². The number of rotatable bonds is 3. The van der Waals surface area contributed by atoms with Crippen LogP contribution in [-0.2, 0) is 0 Å². The van der Waals surface area contributed by atoms with Crippen LogP contribution in [0.5, 0.6) is 0 Å². The van der Waals surface area contributed by atoms with Crippen LogP contribution < -0.4 is 10.6 Å². The first-order chi connectivity index (χ1) is 10.0. The van der Waals surface area contributed by atoms with Gasteiger partial charge in [0.2, 0.25) is 0 Å². The van der Waals surface area contributed by atoms with Crippen molar-refractivity contribution in [3.63, 3.8) is 0 Å². The molecule has 0 radical (unpaired) electrons. The number of amides is 2. The van der Waals surface area contributed by atoms with Crippen LogP contribution in [0.25, 0.3) is 0 Å². The Morgan fingerprint density at radius 3 is 2.67 bits per heavy atom. The zero-order valence-electron chi connectivity index (χ0n) is 11.5. The number of nitrogens with one attached hydrogen (secondary N) is 2. The van der Waals surface area contributed by atoms with Crippen molar-refractivity contribution in [2.24, 2.45) is 0 Å². The number of nitro benzene ring substituents is 1. The molecule has 2 N–H and O–H groups in total.